The SMILES string of the molecule is COc1ccc(N2C(=O)CCC2CO)nc1C#CC1NC(=O)NC1=O. The summed E-state index contributed by atoms with van der Waals surface area (Å²) in [6.45, 7) is -0.158. The van der Waals surface area contributed by atoms with Gasteiger partial charge in [-0.2, -0.15) is 0 Å². The minimum absolute atomic E-state index is 0.127. The van der Waals surface area contributed by atoms with E-state index in [1.54, 1.807) is 12.1 Å². The number of hydrogen-bond acceptors (Lipinski definition) is 6. The third-order valence-electron chi connectivity index (χ3n) is 3.96. The zero-order chi connectivity index (χ0) is 18.0. The Morgan fingerprint density at radius 1 is 1.40 bits per heavy atom. The van der Waals surface area contributed by atoms with Crippen LogP contribution < -0.4 is 20.3 Å². The molecular weight excluding hydrogens is 328 g/mol. The number of hydrogen-bond donors (Lipinski definition) is 3. The van der Waals surface area contributed by atoms with Crippen LogP contribution in [0.25, 0.3) is 0 Å². The van der Waals surface area contributed by atoms with E-state index < -0.39 is 18.0 Å². The van der Waals surface area contributed by atoms with E-state index in [4.69, 9.17) is 4.74 Å². The van der Waals surface area contributed by atoms with Crippen LogP contribution >= 0.6 is 0 Å². The van der Waals surface area contributed by atoms with Gasteiger partial charge in [-0.3, -0.25) is 19.8 Å². The van der Waals surface area contributed by atoms with Crippen LogP contribution in [0.15, 0.2) is 12.1 Å². The van der Waals surface area contributed by atoms with Gasteiger partial charge in [-0.25, -0.2) is 9.78 Å². The summed E-state index contributed by atoms with van der Waals surface area (Å²) in [5.41, 5.74) is 0.227. The third-order valence-corrected chi connectivity index (χ3v) is 3.96. The van der Waals surface area contributed by atoms with Crippen molar-refractivity contribution >= 4 is 23.7 Å². The maximum Gasteiger partial charge on any atom is 0.322 e. The van der Waals surface area contributed by atoms with Gasteiger partial charge in [0.15, 0.2) is 17.5 Å². The molecule has 1 aromatic rings. The second-order valence-electron chi connectivity index (χ2n) is 5.52. The van der Waals surface area contributed by atoms with Crippen molar-refractivity contribution in [3.8, 4) is 17.6 Å². The highest BCUT2D eigenvalue weighted by molar-refractivity contribution is 6.05. The van der Waals surface area contributed by atoms with Gasteiger partial charge in [0, 0.05) is 6.42 Å². The summed E-state index contributed by atoms with van der Waals surface area (Å²) in [6.07, 6.45) is 0.895. The number of carbonyl (C=O) groups excluding carboxylic acids is 3. The first-order chi connectivity index (χ1) is 12.0. The number of imide groups is 1. The van der Waals surface area contributed by atoms with Gasteiger partial charge in [0.1, 0.15) is 5.82 Å². The van der Waals surface area contributed by atoms with Crippen molar-refractivity contribution in [1.82, 2.24) is 15.6 Å². The molecule has 0 saturated carbocycles. The van der Waals surface area contributed by atoms with Gasteiger partial charge in [0.05, 0.1) is 19.8 Å². The highest BCUT2D eigenvalue weighted by Crippen LogP contribution is 2.27. The first-order valence-corrected chi connectivity index (χ1v) is 7.64. The Balaban J connectivity index is 1.92. The summed E-state index contributed by atoms with van der Waals surface area (Å²) in [4.78, 5) is 40.5. The number of amides is 4. The Hall–Kier alpha value is -3.12. The topological polar surface area (TPSA) is 121 Å². The fourth-order valence-electron chi connectivity index (χ4n) is 2.71. The maximum atomic E-state index is 12.1. The normalized spacial score (nSPS) is 22.3. The maximum absolute atomic E-state index is 12.1. The van der Waals surface area contributed by atoms with Gasteiger partial charge in [-0.1, -0.05) is 5.92 Å². The van der Waals surface area contributed by atoms with Crippen LogP contribution in [0.4, 0.5) is 10.6 Å². The number of ether oxygens (including phenoxy) is 1. The van der Waals surface area contributed by atoms with E-state index >= 15 is 0 Å². The molecule has 0 radical (unpaired) electrons. The fraction of sp³-hybridized carbons (Fsp3) is 0.375. The number of aromatic nitrogens is 1. The summed E-state index contributed by atoms with van der Waals surface area (Å²) in [5, 5.41) is 13.9. The Kier molecular flexibility index (Phi) is 4.54. The molecule has 130 valence electrons. The van der Waals surface area contributed by atoms with Crippen molar-refractivity contribution in [1.29, 1.82) is 0 Å². The number of rotatable bonds is 3. The van der Waals surface area contributed by atoms with E-state index in [9.17, 15) is 19.5 Å². The largest absolute Gasteiger partial charge is 0.494 e. The summed E-state index contributed by atoms with van der Waals surface area (Å²) in [7, 11) is 1.45. The van der Waals surface area contributed by atoms with E-state index in [2.05, 4.69) is 27.5 Å². The van der Waals surface area contributed by atoms with Crippen molar-refractivity contribution in [2.45, 2.75) is 24.9 Å². The van der Waals surface area contributed by atoms with Crippen LogP contribution in [0, 0.1) is 11.8 Å². The molecule has 2 fully saturated rings. The lowest BCUT2D eigenvalue weighted by molar-refractivity contribution is -0.119. The molecule has 2 atom stereocenters. The Morgan fingerprint density at radius 2 is 2.20 bits per heavy atom. The number of nitrogens with zero attached hydrogens (tertiary/aromatic N) is 2. The molecule has 1 aromatic heterocycles. The molecule has 9 nitrogen and oxygen atoms in total. The molecule has 0 bridgehead atoms. The van der Waals surface area contributed by atoms with Gasteiger partial charge in [-0.05, 0) is 24.5 Å². The molecule has 9 heteroatoms. The monoisotopic (exact) mass is 344 g/mol. The molecule has 0 aromatic carbocycles. The molecule has 2 aliphatic heterocycles. The van der Waals surface area contributed by atoms with Crippen LogP contribution in [0.3, 0.4) is 0 Å². The van der Waals surface area contributed by atoms with E-state index in [0.717, 1.165) is 0 Å². The molecule has 2 unspecified atom stereocenters. The van der Waals surface area contributed by atoms with E-state index in [1.807, 2.05) is 0 Å². The number of methoxy groups -OCH3 is 1. The number of pyridine rings is 1. The molecule has 3 heterocycles. The van der Waals surface area contributed by atoms with Crippen molar-refractivity contribution in [3.63, 3.8) is 0 Å². The number of urea groups is 1. The van der Waals surface area contributed by atoms with Crippen LogP contribution in [0.1, 0.15) is 18.5 Å². The number of nitrogens with one attached hydrogen (secondary N) is 2. The van der Waals surface area contributed by atoms with Crippen molar-refractivity contribution in [2.75, 3.05) is 18.6 Å². The number of aliphatic hydroxyl groups is 1. The van der Waals surface area contributed by atoms with Gasteiger partial charge in [-0.15, -0.1) is 0 Å². The lowest BCUT2D eigenvalue weighted by Crippen LogP contribution is -2.36. The minimum Gasteiger partial charge on any atom is -0.494 e. The van der Waals surface area contributed by atoms with Crippen molar-refractivity contribution < 1.29 is 24.2 Å². The van der Waals surface area contributed by atoms with Gasteiger partial charge in [0.2, 0.25) is 5.91 Å². The number of anilines is 1. The van der Waals surface area contributed by atoms with Crippen LogP contribution in [0.5, 0.6) is 5.75 Å². The average Bonchev–Trinajstić information content (AvgIpc) is 3.13. The molecule has 2 saturated heterocycles. The lowest BCUT2D eigenvalue weighted by atomic mass is 10.2. The Labute approximate surface area is 143 Å². The summed E-state index contributed by atoms with van der Waals surface area (Å²) in [6, 6.07) is 1.32. The molecule has 2 aliphatic rings. The van der Waals surface area contributed by atoms with Crippen molar-refractivity contribution in [3.05, 3.63) is 17.8 Å². The quantitative estimate of drug-likeness (QED) is 0.485. The molecule has 3 N–H and O–H groups in total. The molecule has 3 rings (SSSR count). The minimum atomic E-state index is -0.971. The zero-order valence-electron chi connectivity index (χ0n) is 13.4. The van der Waals surface area contributed by atoms with E-state index in [0.29, 0.717) is 24.4 Å². The second-order valence-corrected chi connectivity index (χ2v) is 5.52. The third kappa shape index (κ3) is 3.25. The van der Waals surface area contributed by atoms with Gasteiger partial charge in [0.25, 0.3) is 5.91 Å². The molecule has 4 amide bonds. The Bertz CT molecular complexity index is 797. The highest BCUT2D eigenvalue weighted by Gasteiger charge is 2.33. The summed E-state index contributed by atoms with van der Waals surface area (Å²) < 4.78 is 5.20. The summed E-state index contributed by atoms with van der Waals surface area (Å²) in [5.74, 6) is 5.38. The van der Waals surface area contributed by atoms with Crippen LogP contribution in [-0.2, 0) is 9.59 Å². The first-order valence-electron chi connectivity index (χ1n) is 7.64. The van der Waals surface area contributed by atoms with Crippen LogP contribution in [-0.4, -0.2) is 53.7 Å². The summed E-state index contributed by atoms with van der Waals surface area (Å²) >= 11 is 0. The smallest absolute Gasteiger partial charge is 0.322 e. The van der Waals surface area contributed by atoms with Crippen molar-refractivity contribution in [2.24, 2.45) is 0 Å². The number of aliphatic hydroxyl groups excluding tert-OH is 1. The predicted molar refractivity (Wildman–Crippen MR) is 85.7 cm³/mol. The second kappa shape index (κ2) is 6.78. The van der Waals surface area contributed by atoms with Crippen LogP contribution in [0.2, 0.25) is 0 Å². The highest BCUT2D eigenvalue weighted by atomic mass is 16.5. The van der Waals surface area contributed by atoms with Gasteiger partial charge >= 0.3 is 6.03 Å². The average molecular weight is 344 g/mol. The van der Waals surface area contributed by atoms with E-state index in [1.165, 1.54) is 12.0 Å². The van der Waals surface area contributed by atoms with E-state index in [-0.39, 0.29) is 24.2 Å². The van der Waals surface area contributed by atoms with Gasteiger partial charge < -0.3 is 15.2 Å². The zero-order valence-corrected chi connectivity index (χ0v) is 13.4. The lowest BCUT2D eigenvalue weighted by Gasteiger charge is -2.22. The molecule has 25 heavy (non-hydrogen) atoms. The predicted octanol–water partition coefficient (Wildman–Crippen LogP) is -0.863. The fourth-order valence-corrected chi connectivity index (χ4v) is 2.71. The standard InChI is InChI=1S/C16H16N4O5/c1-25-12-5-6-13(20-9(8-21)2-7-14(20)22)17-10(12)3-4-11-15(23)19-16(24)18-11/h5-6,9,11,21H,2,7-8H2,1H3,(H2,18,19,23,24). The Morgan fingerprint density at radius 3 is 2.84 bits per heavy atom. The molecule has 0 spiro atoms. The first kappa shape index (κ1) is 16.7. The number of carbonyl (C=O) groups is 3. The molecule has 0 aliphatic carbocycles. The molecular formula is C16H16N4O5.